The zero-order valence-electron chi connectivity index (χ0n) is 13.2. The number of anilines is 1. The molecule has 3 heterocycles. The fraction of sp³-hybridized carbons (Fsp3) is 0.375. The summed E-state index contributed by atoms with van der Waals surface area (Å²) >= 11 is 0. The molecule has 1 atom stereocenters. The summed E-state index contributed by atoms with van der Waals surface area (Å²) in [6.45, 7) is 1.51. The molecule has 0 saturated carbocycles. The smallest absolute Gasteiger partial charge is 0.183 e. The first kappa shape index (κ1) is 14.9. The number of aryl methyl sites for hydroxylation is 1. The Morgan fingerprint density at radius 2 is 2.04 bits per heavy atom. The molecule has 8 heteroatoms. The van der Waals surface area contributed by atoms with E-state index in [9.17, 15) is 8.78 Å². The second kappa shape index (κ2) is 5.77. The minimum atomic E-state index is -0.816. The Labute approximate surface area is 137 Å². The van der Waals surface area contributed by atoms with Crippen LogP contribution in [0.3, 0.4) is 0 Å². The van der Waals surface area contributed by atoms with Crippen LogP contribution < -0.4 is 4.90 Å². The molecule has 1 saturated heterocycles. The number of nitrogens with zero attached hydrogens (tertiary/aromatic N) is 6. The van der Waals surface area contributed by atoms with Crippen LogP contribution in [0, 0.1) is 11.6 Å². The van der Waals surface area contributed by atoms with E-state index < -0.39 is 11.6 Å². The van der Waals surface area contributed by atoms with Gasteiger partial charge in [-0.2, -0.15) is 0 Å². The predicted molar refractivity (Wildman–Crippen MR) is 84.6 cm³/mol. The molecular weight excluding hydrogens is 314 g/mol. The van der Waals surface area contributed by atoms with Crippen molar-refractivity contribution in [1.29, 1.82) is 0 Å². The molecule has 0 radical (unpaired) electrons. The average molecular weight is 330 g/mol. The molecule has 3 aromatic rings. The Kier molecular flexibility index (Phi) is 3.59. The van der Waals surface area contributed by atoms with Gasteiger partial charge in [0.2, 0.25) is 0 Å². The zero-order chi connectivity index (χ0) is 16.7. The van der Waals surface area contributed by atoms with Crippen LogP contribution in [0.4, 0.5) is 14.6 Å². The third-order valence-corrected chi connectivity index (χ3v) is 4.51. The van der Waals surface area contributed by atoms with Gasteiger partial charge in [0.15, 0.2) is 28.6 Å². The van der Waals surface area contributed by atoms with E-state index in [1.54, 1.807) is 17.8 Å². The van der Waals surface area contributed by atoms with Crippen LogP contribution in [0.5, 0.6) is 0 Å². The standard InChI is InChI=1S/C16H16F2N6/c1-23-15-14(21-22-23)16(20-9-19-15)24-6-2-3-11(8-24)10-4-5-12(17)13(18)7-10/h4-5,7,9,11H,2-3,6,8H2,1H3. The van der Waals surface area contributed by atoms with Crippen LogP contribution in [0.25, 0.3) is 11.2 Å². The highest BCUT2D eigenvalue weighted by atomic mass is 19.2. The third-order valence-electron chi connectivity index (χ3n) is 4.51. The lowest BCUT2D eigenvalue weighted by Crippen LogP contribution is -2.35. The Bertz CT molecular complexity index is 893. The van der Waals surface area contributed by atoms with E-state index in [2.05, 4.69) is 25.2 Å². The first-order chi connectivity index (χ1) is 11.6. The maximum absolute atomic E-state index is 13.5. The number of benzene rings is 1. The maximum Gasteiger partial charge on any atom is 0.183 e. The van der Waals surface area contributed by atoms with Gasteiger partial charge in [0, 0.05) is 26.1 Å². The van der Waals surface area contributed by atoms with Gasteiger partial charge in [-0.25, -0.2) is 23.4 Å². The lowest BCUT2D eigenvalue weighted by molar-refractivity contribution is 0.487. The summed E-state index contributed by atoms with van der Waals surface area (Å²) in [6, 6.07) is 4.14. The molecule has 6 nitrogen and oxygen atoms in total. The number of hydrogen-bond acceptors (Lipinski definition) is 5. The van der Waals surface area contributed by atoms with Gasteiger partial charge < -0.3 is 4.90 Å². The SMILES string of the molecule is Cn1nnc2c(N3CCCC(c4ccc(F)c(F)c4)C3)ncnc21. The number of piperidine rings is 1. The Morgan fingerprint density at radius 1 is 1.17 bits per heavy atom. The van der Waals surface area contributed by atoms with Crippen LogP contribution in [0.15, 0.2) is 24.5 Å². The number of fused-ring (bicyclic) bond motifs is 1. The lowest BCUT2D eigenvalue weighted by atomic mass is 9.90. The summed E-state index contributed by atoms with van der Waals surface area (Å²) in [5.41, 5.74) is 2.14. The minimum Gasteiger partial charge on any atom is -0.354 e. The van der Waals surface area contributed by atoms with Crippen molar-refractivity contribution in [3.05, 3.63) is 41.7 Å². The summed E-state index contributed by atoms with van der Waals surface area (Å²) in [6.07, 6.45) is 3.37. The topological polar surface area (TPSA) is 59.7 Å². The van der Waals surface area contributed by atoms with Gasteiger partial charge in [-0.1, -0.05) is 11.3 Å². The van der Waals surface area contributed by atoms with Gasteiger partial charge in [-0.05, 0) is 30.5 Å². The van der Waals surface area contributed by atoms with Crippen LogP contribution in [0.1, 0.15) is 24.3 Å². The Balaban J connectivity index is 1.65. The number of halogens is 2. The minimum absolute atomic E-state index is 0.121. The Morgan fingerprint density at radius 3 is 2.88 bits per heavy atom. The molecule has 124 valence electrons. The molecule has 0 aliphatic carbocycles. The van der Waals surface area contributed by atoms with Crippen LogP contribution >= 0.6 is 0 Å². The highest BCUT2D eigenvalue weighted by molar-refractivity contribution is 5.82. The van der Waals surface area contributed by atoms with Crippen molar-refractivity contribution in [1.82, 2.24) is 25.0 Å². The first-order valence-electron chi connectivity index (χ1n) is 7.84. The highest BCUT2D eigenvalue weighted by Gasteiger charge is 2.25. The van der Waals surface area contributed by atoms with Gasteiger partial charge >= 0.3 is 0 Å². The van der Waals surface area contributed by atoms with Gasteiger partial charge in [0.05, 0.1) is 0 Å². The van der Waals surface area contributed by atoms with Crippen molar-refractivity contribution >= 4 is 17.0 Å². The third kappa shape index (κ3) is 2.47. The molecule has 0 amide bonds. The van der Waals surface area contributed by atoms with Gasteiger partial charge in [0.1, 0.15) is 6.33 Å². The van der Waals surface area contributed by atoms with Crippen molar-refractivity contribution in [3.8, 4) is 0 Å². The molecule has 24 heavy (non-hydrogen) atoms. The monoisotopic (exact) mass is 330 g/mol. The van der Waals surface area contributed by atoms with E-state index in [0.717, 1.165) is 30.8 Å². The van der Waals surface area contributed by atoms with Crippen LogP contribution in [0.2, 0.25) is 0 Å². The summed E-state index contributed by atoms with van der Waals surface area (Å²) in [7, 11) is 1.78. The maximum atomic E-state index is 13.5. The molecule has 1 unspecified atom stereocenters. The molecule has 2 aromatic heterocycles. The van der Waals surface area contributed by atoms with E-state index in [1.807, 2.05) is 0 Å². The van der Waals surface area contributed by atoms with Gasteiger partial charge in [0.25, 0.3) is 0 Å². The number of hydrogen-bond donors (Lipinski definition) is 0. The summed E-state index contributed by atoms with van der Waals surface area (Å²) in [5, 5.41) is 8.15. The predicted octanol–water partition coefficient (Wildman–Crippen LogP) is 2.42. The van der Waals surface area contributed by atoms with E-state index in [4.69, 9.17) is 0 Å². The molecule has 1 fully saturated rings. The molecule has 1 aliphatic rings. The van der Waals surface area contributed by atoms with Crippen molar-refractivity contribution < 1.29 is 8.78 Å². The molecule has 0 bridgehead atoms. The summed E-state index contributed by atoms with van der Waals surface area (Å²) in [5.74, 6) is -0.762. The first-order valence-corrected chi connectivity index (χ1v) is 7.84. The van der Waals surface area contributed by atoms with Crippen LogP contribution in [-0.4, -0.2) is 38.1 Å². The molecule has 0 N–H and O–H groups in total. The fourth-order valence-electron chi connectivity index (χ4n) is 3.28. The summed E-state index contributed by atoms with van der Waals surface area (Å²) < 4.78 is 28.3. The Hall–Kier alpha value is -2.64. The van der Waals surface area contributed by atoms with Crippen molar-refractivity contribution in [3.63, 3.8) is 0 Å². The van der Waals surface area contributed by atoms with E-state index >= 15 is 0 Å². The van der Waals surface area contributed by atoms with Gasteiger partial charge in [-0.3, -0.25) is 0 Å². The molecule has 1 aliphatic heterocycles. The summed E-state index contributed by atoms with van der Waals surface area (Å²) in [4.78, 5) is 10.7. The van der Waals surface area contributed by atoms with Gasteiger partial charge in [-0.15, -0.1) is 5.10 Å². The quantitative estimate of drug-likeness (QED) is 0.722. The molecule has 1 aromatic carbocycles. The molecule has 0 spiro atoms. The second-order valence-corrected chi connectivity index (χ2v) is 6.04. The van der Waals surface area contributed by atoms with Crippen molar-refractivity contribution in [2.24, 2.45) is 7.05 Å². The average Bonchev–Trinajstić information content (AvgIpc) is 2.99. The number of aromatic nitrogens is 5. The number of rotatable bonds is 2. The fourth-order valence-corrected chi connectivity index (χ4v) is 3.28. The lowest BCUT2D eigenvalue weighted by Gasteiger charge is -2.33. The van der Waals surface area contributed by atoms with Crippen molar-refractivity contribution in [2.75, 3.05) is 18.0 Å². The molecule has 4 rings (SSSR count). The largest absolute Gasteiger partial charge is 0.354 e. The molecular formula is C16H16F2N6. The van der Waals surface area contributed by atoms with E-state index in [0.29, 0.717) is 17.7 Å². The normalized spacial score (nSPS) is 18.3. The van der Waals surface area contributed by atoms with Crippen molar-refractivity contribution in [2.45, 2.75) is 18.8 Å². The van der Waals surface area contributed by atoms with E-state index in [1.165, 1.54) is 18.5 Å². The zero-order valence-corrected chi connectivity index (χ0v) is 13.2. The highest BCUT2D eigenvalue weighted by Crippen LogP contribution is 2.31. The second-order valence-electron chi connectivity index (χ2n) is 6.04. The van der Waals surface area contributed by atoms with E-state index in [-0.39, 0.29) is 5.92 Å². The van der Waals surface area contributed by atoms with Crippen LogP contribution in [-0.2, 0) is 7.05 Å².